The zero-order chi connectivity index (χ0) is 12.8. The van der Waals surface area contributed by atoms with E-state index in [-0.39, 0.29) is 5.91 Å². The van der Waals surface area contributed by atoms with Crippen LogP contribution in [-0.2, 0) is 4.74 Å². The number of hydrogen-bond acceptors (Lipinski definition) is 5. The van der Waals surface area contributed by atoms with Crippen LogP contribution in [0.15, 0.2) is 12.4 Å². The van der Waals surface area contributed by atoms with Gasteiger partial charge in [-0.3, -0.25) is 4.79 Å². The van der Waals surface area contributed by atoms with Gasteiger partial charge in [-0.05, 0) is 18.8 Å². The van der Waals surface area contributed by atoms with Crippen LogP contribution in [0.5, 0.6) is 0 Å². The van der Waals surface area contributed by atoms with E-state index in [9.17, 15) is 4.79 Å². The summed E-state index contributed by atoms with van der Waals surface area (Å²) in [5.41, 5.74) is 0.316. The average Bonchev–Trinajstić information content (AvgIpc) is 3.22. The second kappa shape index (κ2) is 6.30. The smallest absolute Gasteiger partial charge is 0.271 e. The molecule has 6 heteroatoms. The summed E-state index contributed by atoms with van der Waals surface area (Å²) in [6.07, 6.45) is 5.53. The number of carbonyl (C=O) groups is 1. The van der Waals surface area contributed by atoms with Gasteiger partial charge in [-0.25, -0.2) is 9.97 Å². The van der Waals surface area contributed by atoms with Crippen LogP contribution < -0.4 is 10.6 Å². The Morgan fingerprint density at radius 3 is 2.89 bits per heavy atom. The molecule has 0 atom stereocenters. The molecule has 0 unspecified atom stereocenters. The predicted octanol–water partition coefficient (Wildman–Crippen LogP) is 0.675. The number of carbonyl (C=O) groups excluding carboxylic acids is 1. The maximum absolute atomic E-state index is 11.7. The first kappa shape index (κ1) is 12.8. The normalized spacial score (nSPS) is 14.3. The fourth-order valence-corrected chi connectivity index (χ4v) is 1.44. The molecule has 0 aliphatic heterocycles. The van der Waals surface area contributed by atoms with E-state index >= 15 is 0 Å². The summed E-state index contributed by atoms with van der Waals surface area (Å²) in [5, 5.41) is 5.59. The van der Waals surface area contributed by atoms with Gasteiger partial charge in [0, 0.05) is 20.2 Å². The molecular weight excluding hydrogens is 232 g/mol. The van der Waals surface area contributed by atoms with Gasteiger partial charge in [-0.15, -0.1) is 0 Å². The van der Waals surface area contributed by atoms with E-state index < -0.39 is 0 Å². The molecular formula is C12H18N4O2. The Morgan fingerprint density at radius 1 is 1.44 bits per heavy atom. The zero-order valence-electron chi connectivity index (χ0n) is 10.5. The number of nitrogens with zero attached hydrogens (tertiary/aromatic N) is 2. The summed E-state index contributed by atoms with van der Waals surface area (Å²) in [4.78, 5) is 19.7. The lowest BCUT2D eigenvalue weighted by atomic mass is 10.4. The highest BCUT2D eigenvalue weighted by Gasteiger charge is 2.20. The van der Waals surface area contributed by atoms with E-state index in [2.05, 4.69) is 20.6 Å². The van der Waals surface area contributed by atoms with Crippen molar-refractivity contribution < 1.29 is 9.53 Å². The summed E-state index contributed by atoms with van der Waals surface area (Å²) in [5.74, 6) is 1.17. The minimum Gasteiger partial charge on any atom is -0.379 e. The van der Waals surface area contributed by atoms with Gasteiger partial charge in [0.25, 0.3) is 5.91 Å². The Bertz CT molecular complexity index is 390. The first-order valence-corrected chi connectivity index (χ1v) is 6.15. The SMILES string of the molecule is CNc1cnc(C(=O)NCCOCC2CC2)cn1. The maximum Gasteiger partial charge on any atom is 0.271 e. The van der Waals surface area contributed by atoms with Crippen LogP contribution >= 0.6 is 0 Å². The van der Waals surface area contributed by atoms with Crippen LogP contribution in [0, 0.1) is 5.92 Å². The van der Waals surface area contributed by atoms with Gasteiger partial charge >= 0.3 is 0 Å². The zero-order valence-corrected chi connectivity index (χ0v) is 10.5. The Balaban J connectivity index is 1.65. The molecule has 98 valence electrons. The Hall–Kier alpha value is -1.69. The standard InChI is InChI=1S/C12H18N4O2/c1-13-11-7-15-10(6-16-11)12(17)14-4-5-18-8-9-2-3-9/h6-7,9H,2-5,8H2,1H3,(H,13,16)(H,14,17). The molecule has 1 aromatic heterocycles. The van der Waals surface area contributed by atoms with Crippen molar-refractivity contribution in [3.8, 4) is 0 Å². The van der Waals surface area contributed by atoms with Crippen molar-refractivity contribution in [2.24, 2.45) is 5.92 Å². The molecule has 1 fully saturated rings. The van der Waals surface area contributed by atoms with Crippen LogP contribution in [0.2, 0.25) is 0 Å². The van der Waals surface area contributed by atoms with Crippen molar-refractivity contribution >= 4 is 11.7 Å². The van der Waals surface area contributed by atoms with Gasteiger partial charge in [-0.1, -0.05) is 0 Å². The van der Waals surface area contributed by atoms with E-state index in [1.807, 2.05) is 0 Å². The van der Waals surface area contributed by atoms with Gasteiger partial charge in [0.15, 0.2) is 0 Å². The lowest BCUT2D eigenvalue weighted by Crippen LogP contribution is -2.28. The van der Waals surface area contributed by atoms with E-state index in [1.54, 1.807) is 7.05 Å². The molecule has 0 aromatic carbocycles. The summed E-state index contributed by atoms with van der Waals surface area (Å²) in [7, 11) is 1.75. The molecule has 0 spiro atoms. The molecule has 0 radical (unpaired) electrons. The van der Waals surface area contributed by atoms with Crippen molar-refractivity contribution in [3.05, 3.63) is 18.1 Å². The van der Waals surface area contributed by atoms with Gasteiger partial charge in [-0.2, -0.15) is 0 Å². The van der Waals surface area contributed by atoms with Crippen LogP contribution in [0.25, 0.3) is 0 Å². The number of rotatable bonds is 7. The predicted molar refractivity (Wildman–Crippen MR) is 67.5 cm³/mol. The van der Waals surface area contributed by atoms with Crippen molar-refractivity contribution in [2.75, 3.05) is 32.1 Å². The van der Waals surface area contributed by atoms with E-state index in [0.29, 0.717) is 24.7 Å². The van der Waals surface area contributed by atoms with E-state index in [4.69, 9.17) is 4.74 Å². The fraction of sp³-hybridized carbons (Fsp3) is 0.583. The molecule has 0 bridgehead atoms. The van der Waals surface area contributed by atoms with Crippen molar-refractivity contribution in [3.63, 3.8) is 0 Å². The average molecular weight is 250 g/mol. The lowest BCUT2D eigenvalue weighted by molar-refractivity contribution is 0.0901. The first-order valence-electron chi connectivity index (χ1n) is 6.15. The molecule has 1 saturated carbocycles. The molecule has 1 aliphatic carbocycles. The summed E-state index contributed by atoms with van der Waals surface area (Å²) in [6.45, 7) is 1.86. The molecule has 18 heavy (non-hydrogen) atoms. The Labute approximate surface area is 106 Å². The quantitative estimate of drug-likeness (QED) is 0.696. The van der Waals surface area contributed by atoms with Gasteiger partial charge in [0.05, 0.1) is 19.0 Å². The minimum absolute atomic E-state index is 0.222. The van der Waals surface area contributed by atoms with Crippen LogP contribution in [0.3, 0.4) is 0 Å². The molecule has 1 heterocycles. The lowest BCUT2D eigenvalue weighted by Gasteiger charge is -2.05. The highest BCUT2D eigenvalue weighted by Crippen LogP contribution is 2.28. The third kappa shape index (κ3) is 3.96. The monoisotopic (exact) mass is 250 g/mol. The van der Waals surface area contributed by atoms with E-state index in [0.717, 1.165) is 12.5 Å². The number of nitrogens with one attached hydrogen (secondary N) is 2. The highest BCUT2D eigenvalue weighted by atomic mass is 16.5. The summed E-state index contributed by atoms with van der Waals surface area (Å²) >= 11 is 0. The maximum atomic E-state index is 11.7. The molecule has 0 saturated heterocycles. The topological polar surface area (TPSA) is 76.1 Å². The van der Waals surface area contributed by atoms with Crippen molar-refractivity contribution in [1.29, 1.82) is 0 Å². The van der Waals surface area contributed by atoms with Crippen LogP contribution in [-0.4, -0.2) is 42.7 Å². The minimum atomic E-state index is -0.222. The third-order valence-electron chi connectivity index (χ3n) is 2.72. The first-order chi connectivity index (χ1) is 8.79. The second-order valence-corrected chi connectivity index (χ2v) is 4.31. The molecule has 2 rings (SSSR count). The Morgan fingerprint density at radius 2 is 2.28 bits per heavy atom. The molecule has 1 amide bonds. The number of aromatic nitrogens is 2. The van der Waals surface area contributed by atoms with Gasteiger partial charge in [0.1, 0.15) is 11.5 Å². The van der Waals surface area contributed by atoms with Crippen LogP contribution in [0.1, 0.15) is 23.3 Å². The molecule has 1 aromatic rings. The van der Waals surface area contributed by atoms with Crippen molar-refractivity contribution in [1.82, 2.24) is 15.3 Å². The summed E-state index contributed by atoms with van der Waals surface area (Å²) < 4.78 is 5.42. The highest BCUT2D eigenvalue weighted by molar-refractivity contribution is 5.91. The second-order valence-electron chi connectivity index (χ2n) is 4.31. The molecule has 6 nitrogen and oxygen atoms in total. The molecule has 1 aliphatic rings. The number of anilines is 1. The molecule has 2 N–H and O–H groups in total. The number of ether oxygens (including phenoxy) is 1. The van der Waals surface area contributed by atoms with Gasteiger partial charge in [0.2, 0.25) is 0 Å². The third-order valence-corrected chi connectivity index (χ3v) is 2.72. The van der Waals surface area contributed by atoms with Gasteiger partial charge < -0.3 is 15.4 Å². The fourth-order valence-electron chi connectivity index (χ4n) is 1.44. The van der Waals surface area contributed by atoms with Crippen LogP contribution in [0.4, 0.5) is 5.82 Å². The number of amides is 1. The number of hydrogen-bond donors (Lipinski definition) is 2. The van der Waals surface area contributed by atoms with E-state index in [1.165, 1.54) is 25.2 Å². The largest absolute Gasteiger partial charge is 0.379 e. The van der Waals surface area contributed by atoms with Crippen molar-refractivity contribution in [2.45, 2.75) is 12.8 Å². The summed E-state index contributed by atoms with van der Waals surface area (Å²) in [6, 6.07) is 0. The Kier molecular flexibility index (Phi) is 4.46.